The first kappa shape index (κ1) is 26.7. The van der Waals surface area contributed by atoms with Gasteiger partial charge in [-0.15, -0.1) is 0 Å². The molecule has 0 unspecified atom stereocenters. The van der Waals surface area contributed by atoms with Crippen LogP contribution in [0.1, 0.15) is 29.7 Å². The highest BCUT2D eigenvalue weighted by atomic mass is 35.5. The van der Waals surface area contributed by atoms with E-state index in [-0.39, 0.29) is 33.0 Å². The zero-order chi connectivity index (χ0) is 27.7. The molecule has 5 rings (SSSR count). The van der Waals surface area contributed by atoms with E-state index < -0.39 is 17.6 Å². The fourth-order valence-electron chi connectivity index (χ4n) is 4.38. The van der Waals surface area contributed by atoms with Crippen LogP contribution in [0.15, 0.2) is 82.1 Å². The fourth-order valence-corrected chi connectivity index (χ4v) is 5.88. The molecule has 198 valence electrons. The SMILES string of the molecule is CCOC(=O)C1=C(c2ccccc2)N=c2s/c(=C\c3cc(Cl)cc(Cl)c3O)c(=O)n2[C@@H]1c1ccc(OC)cc1. The van der Waals surface area contributed by atoms with Crippen LogP contribution in [0.4, 0.5) is 0 Å². The first-order valence-electron chi connectivity index (χ1n) is 11.9. The molecule has 4 aromatic rings. The number of rotatable bonds is 6. The van der Waals surface area contributed by atoms with E-state index in [1.165, 1.54) is 22.8 Å². The van der Waals surface area contributed by atoms with Crippen LogP contribution in [-0.2, 0) is 9.53 Å². The summed E-state index contributed by atoms with van der Waals surface area (Å²) in [5.41, 5.74) is 1.91. The molecule has 0 saturated heterocycles. The monoisotopic (exact) mass is 580 g/mol. The lowest BCUT2D eigenvalue weighted by Gasteiger charge is -2.26. The van der Waals surface area contributed by atoms with Gasteiger partial charge in [-0.3, -0.25) is 9.36 Å². The largest absolute Gasteiger partial charge is 0.506 e. The number of nitrogens with zero attached hydrogens (tertiary/aromatic N) is 2. The number of aromatic hydroxyl groups is 1. The normalized spacial score (nSPS) is 15.1. The zero-order valence-electron chi connectivity index (χ0n) is 20.9. The minimum atomic E-state index is -0.833. The molecule has 10 heteroatoms. The second kappa shape index (κ2) is 11.1. The molecule has 0 fully saturated rings. The first-order valence-corrected chi connectivity index (χ1v) is 13.5. The number of methoxy groups -OCH3 is 1. The average molecular weight is 581 g/mol. The van der Waals surface area contributed by atoms with Gasteiger partial charge < -0.3 is 14.6 Å². The van der Waals surface area contributed by atoms with Crippen LogP contribution in [0.3, 0.4) is 0 Å². The average Bonchev–Trinajstić information content (AvgIpc) is 3.25. The standard InChI is InChI=1S/C29H22Cl2N2O5S/c1-3-38-28(36)23-24(16-7-5-4-6-8-16)32-29-33(25(23)17-9-11-20(37-2)12-10-17)27(35)22(39-29)14-18-13-19(30)15-21(31)26(18)34/h4-15,25,34H,3H2,1-2H3/b22-14-/t25-/m1/s1. The topological polar surface area (TPSA) is 90.1 Å². The van der Waals surface area contributed by atoms with Crippen molar-refractivity contribution < 1.29 is 19.4 Å². The Kier molecular flexibility index (Phi) is 7.61. The number of fused-ring (bicyclic) bond motifs is 1. The number of esters is 1. The third-order valence-electron chi connectivity index (χ3n) is 6.15. The van der Waals surface area contributed by atoms with E-state index in [2.05, 4.69) is 0 Å². The van der Waals surface area contributed by atoms with Gasteiger partial charge in [0.05, 0.1) is 40.6 Å². The highest BCUT2D eigenvalue weighted by Crippen LogP contribution is 2.36. The summed E-state index contributed by atoms with van der Waals surface area (Å²) in [6.07, 6.45) is 1.51. The number of thiazole rings is 1. The number of aromatic nitrogens is 1. The Hall–Kier alpha value is -3.85. The van der Waals surface area contributed by atoms with Gasteiger partial charge in [0, 0.05) is 16.1 Å². The number of hydrogen-bond acceptors (Lipinski definition) is 7. The van der Waals surface area contributed by atoms with Crippen LogP contribution >= 0.6 is 34.5 Å². The van der Waals surface area contributed by atoms with Crippen LogP contribution in [0.5, 0.6) is 11.5 Å². The summed E-state index contributed by atoms with van der Waals surface area (Å²) in [6, 6.07) is 18.5. The lowest BCUT2D eigenvalue weighted by Crippen LogP contribution is -2.40. The van der Waals surface area contributed by atoms with E-state index in [1.54, 1.807) is 38.3 Å². The van der Waals surface area contributed by atoms with E-state index in [1.807, 2.05) is 30.3 Å². The van der Waals surface area contributed by atoms with Gasteiger partial charge in [-0.1, -0.05) is 77.0 Å². The van der Waals surface area contributed by atoms with Crippen molar-refractivity contribution in [3.05, 3.63) is 119 Å². The summed E-state index contributed by atoms with van der Waals surface area (Å²) in [7, 11) is 1.56. The summed E-state index contributed by atoms with van der Waals surface area (Å²) in [5, 5.41) is 10.9. The summed E-state index contributed by atoms with van der Waals surface area (Å²) in [6.45, 7) is 1.87. The van der Waals surface area contributed by atoms with Gasteiger partial charge in [0.2, 0.25) is 0 Å². The van der Waals surface area contributed by atoms with Crippen molar-refractivity contribution in [3.63, 3.8) is 0 Å². The number of carbonyl (C=O) groups is 1. The van der Waals surface area contributed by atoms with Crippen LogP contribution in [0.2, 0.25) is 10.0 Å². The molecule has 0 amide bonds. The highest BCUT2D eigenvalue weighted by molar-refractivity contribution is 7.07. The van der Waals surface area contributed by atoms with Crippen molar-refractivity contribution in [2.75, 3.05) is 13.7 Å². The molecule has 2 heterocycles. The summed E-state index contributed by atoms with van der Waals surface area (Å²) >= 11 is 13.4. The number of ether oxygens (including phenoxy) is 2. The number of phenolic OH excluding ortho intramolecular Hbond substituents is 1. The predicted molar refractivity (Wildman–Crippen MR) is 152 cm³/mol. The molecule has 0 aliphatic carbocycles. The maximum atomic E-state index is 13.9. The number of carbonyl (C=O) groups excluding carboxylic acids is 1. The molecule has 1 aliphatic rings. The molecular formula is C29H22Cl2N2O5S. The van der Waals surface area contributed by atoms with Crippen LogP contribution in [-0.4, -0.2) is 29.4 Å². The zero-order valence-corrected chi connectivity index (χ0v) is 23.2. The molecular weight excluding hydrogens is 559 g/mol. The molecule has 1 N–H and O–H groups in total. The minimum absolute atomic E-state index is 0.0635. The summed E-state index contributed by atoms with van der Waals surface area (Å²) in [5.74, 6) is -0.144. The number of hydrogen-bond donors (Lipinski definition) is 1. The molecule has 1 aromatic heterocycles. The van der Waals surface area contributed by atoms with Crippen LogP contribution < -0.4 is 19.6 Å². The molecule has 39 heavy (non-hydrogen) atoms. The van der Waals surface area contributed by atoms with Crippen LogP contribution in [0, 0.1) is 0 Å². The summed E-state index contributed by atoms with van der Waals surface area (Å²) < 4.78 is 12.5. The van der Waals surface area contributed by atoms with Gasteiger partial charge in [0.15, 0.2) is 4.80 Å². The smallest absolute Gasteiger partial charge is 0.338 e. The Morgan fingerprint density at radius 2 is 1.85 bits per heavy atom. The molecule has 0 radical (unpaired) electrons. The molecule has 3 aromatic carbocycles. The van der Waals surface area contributed by atoms with E-state index in [4.69, 9.17) is 37.7 Å². The lowest BCUT2D eigenvalue weighted by atomic mass is 9.93. The van der Waals surface area contributed by atoms with Crippen LogP contribution in [0.25, 0.3) is 11.8 Å². The maximum absolute atomic E-state index is 13.9. The van der Waals surface area contributed by atoms with E-state index in [0.29, 0.717) is 32.4 Å². The molecule has 0 spiro atoms. The first-order chi connectivity index (χ1) is 18.8. The van der Waals surface area contributed by atoms with Crippen molar-refractivity contribution >= 4 is 52.3 Å². The van der Waals surface area contributed by atoms with Gasteiger partial charge >= 0.3 is 5.97 Å². The molecule has 1 atom stereocenters. The van der Waals surface area contributed by atoms with Gasteiger partial charge in [-0.25, -0.2) is 9.79 Å². The number of benzene rings is 3. The third-order valence-corrected chi connectivity index (χ3v) is 7.64. The van der Waals surface area contributed by atoms with Crippen molar-refractivity contribution in [2.24, 2.45) is 4.99 Å². The van der Waals surface area contributed by atoms with E-state index in [9.17, 15) is 14.7 Å². The number of halogens is 2. The second-order valence-electron chi connectivity index (χ2n) is 8.53. The number of phenols is 1. The van der Waals surface area contributed by atoms with Gasteiger partial charge in [-0.2, -0.15) is 0 Å². The Labute approximate surface area is 237 Å². The van der Waals surface area contributed by atoms with Crippen molar-refractivity contribution in [2.45, 2.75) is 13.0 Å². The predicted octanol–water partition coefficient (Wildman–Crippen LogP) is 4.96. The lowest BCUT2D eigenvalue weighted by molar-refractivity contribution is -0.138. The van der Waals surface area contributed by atoms with Gasteiger partial charge in [-0.05, 0) is 42.8 Å². The molecule has 1 aliphatic heterocycles. The Balaban J connectivity index is 1.84. The van der Waals surface area contributed by atoms with E-state index >= 15 is 0 Å². The van der Waals surface area contributed by atoms with Crippen molar-refractivity contribution in [1.82, 2.24) is 4.57 Å². The van der Waals surface area contributed by atoms with E-state index in [0.717, 1.165) is 11.3 Å². The highest BCUT2D eigenvalue weighted by Gasteiger charge is 2.35. The Morgan fingerprint density at radius 1 is 1.13 bits per heavy atom. The van der Waals surface area contributed by atoms with Crippen molar-refractivity contribution in [1.29, 1.82) is 0 Å². The second-order valence-corrected chi connectivity index (χ2v) is 10.4. The van der Waals surface area contributed by atoms with Gasteiger partial charge in [0.1, 0.15) is 11.5 Å². The Morgan fingerprint density at radius 3 is 2.51 bits per heavy atom. The van der Waals surface area contributed by atoms with Crippen molar-refractivity contribution in [3.8, 4) is 11.5 Å². The molecule has 0 bridgehead atoms. The van der Waals surface area contributed by atoms with Gasteiger partial charge in [0.25, 0.3) is 5.56 Å². The molecule has 0 saturated carbocycles. The molecule has 7 nitrogen and oxygen atoms in total. The maximum Gasteiger partial charge on any atom is 0.338 e. The Bertz CT molecular complexity index is 1780. The third kappa shape index (κ3) is 5.11. The summed E-state index contributed by atoms with van der Waals surface area (Å²) in [4.78, 5) is 32.6. The fraction of sp³-hybridized carbons (Fsp3) is 0.138. The quantitative estimate of drug-likeness (QED) is 0.326. The minimum Gasteiger partial charge on any atom is -0.506 e.